The highest BCUT2D eigenvalue weighted by molar-refractivity contribution is 7.89. The lowest BCUT2D eigenvalue weighted by Crippen LogP contribution is -2.22. The van der Waals surface area contributed by atoms with Gasteiger partial charge in [0, 0.05) is 25.6 Å². The van der Waals surface area contributed by atoms with Gasteiger partial charge in [-0.15, -0.1) is 10.2 Å². The Balaban J connectivity index is 1.73. The number of hydrogen-bond acceptors (Lipinski definition) is 6. The molecule has 1 aliphatic rings. The standard InChI is InChI=1S/C17H22N4O3S2/c1-21(2)26(23,24)14-10-6-9-13(11-14)15(22)18-17-20-19-16(25-17)12-7-4-3-5-8-12/h6,9-12H,3-5,7-8H2,1-2H3,(H,18,20,22). The van der Waals surface area contributed by atoms with Gasteiger partial charge in [-0.2, -0.15) is 0 Å². The zero-order valence-electron chi connectivity index (χ0n) is 14.8. The van der Waals surface area contributed by atoms with E-state index in [-0.39, 0.29) is 10.5 Å². The van der Waals surface area contributed by atoms with Crippen LogP contribution in [0.15, 0.2) is 29.2 Å². The molecular weight excluding hydrogens is 372 g/mol. The molecule has 3 rings (SSSR count). The number of amides is 1. The molecule has 1 heterocycles. The molecule has 1 saturated carbocycles. The second kappa shape index (κ2) is 7.81. The molecule has 0 radical (unpaired) electrons. The fraction of sp³-hybridized carbons (Fsp3) is 0.471. The Morgan fingerprint density at radius 3 is 2.62 bits per heavy atom. The summed E-state index contributed by atoms with van der Waals surface area (Å²) in [6, 6.07) is 5.97. The van der Waals surface area contributed by atoms with E-state index in [0.29, 0.717) is 11.0 Å². The van der Waals surface area contributed by atoms with Crippen molar-refractivity contribution in [2.45, 2.75) is 42.9 Å². The molecule has 140 valence electrons. The van der Waals surface area contributed by atoms with Crippen LogP contribution in [0, 0.1) is 0 Å². The second-order valence-corrected chi connectivity index (χ2v) is 9.71. The summed E-state index contributed by atoms with van der Waals surface area (Å²) in [4.78, 5) is 12.5. The van der Waals surface area contributed by atoms with Crippen LogP contribution in [0.2, 0.25) is 0 Å². The van der Waals surface area contributed by atoms with Gasteiger partial charge in [0.05, 0.1) is 4.90 Å². The molecule has 0 aliphatic heterocycles. The van der Waals surface area contributed by atoms with Crippen LogP contribution in [0.1, 0.15) is 53.4 Å². The predicted molar refractivity (Wildman–Crippen MR) is 101 cm³/mol. The average Bonchev–Trinajstić information content (AvgIpc) is 3.11. The summed E-state index contributed by atoms with van der Waals surface area (Å²) in [6.45, 7) is 0. The summed E-state index contributed by atoms with van der Waals surface area (Å²) in [6.07, 6.45) is 5.92. The largest absolute Gasteiger partial charge is 0.296 e. The smallest absolute Gasteiger partial charge is 0.257 e. The quantitative estimate of drug-likeness (QED) is 0.841. The molecule has 7 nitrogen and oxygen atoms in total. The van der Waals surface area contributed by atoms with E-state index in [4.69, 9.17) is 0 Å². The number of carbonyl (C=O) groups excluding carboxylic acids is 1. The van der Waals surface area contributed by atoms with Gasteiger partial charge in [-0.3, -0.25) is 10.1 Å². The molecule has 1 aromatic heterocycles. The molecule has 0 saturated heterocycles. The van der Waals surface area contributed by atoms with Crippen molar-refractivity contribution >= 4 is 32.4 Å². The summed E-state index contributed by atoms with van der Waals surface area (Å²) < 4.78 is 25.6. The maximum Gasteiger partial charge on any atom is 0.257 e. The van der Waals surface area contributed by atoms with Crippen molar-refractivity contribution < 1.29 is 13.2 Å². The maximum atomic E-state index is 12.5. The number of nitrogens with one attached hydrogen (secondary N) is 1. The van der Waals surface area contributed by atoms with E-state index in [1.165, 1.54) is 56.8 Å². The maximum absolute atomic E-state index is 12.5. The normalized spacial score (nSPS) is 16.0. The van der Waals surface area contributed by atoms with Crippen LogP contribution in [0.5, 0.6) is 0 Å². The van der Waals surface area contributed by atoms with Gasteiger partial charge in [-0.1, -0.05) is 36.7 Å². The Labute approximate surface area is 157 Å². The van der Waals surface area contributed by atoms with Crippen LogP contribution in [-0.4, -0.2) is 42.9 Å². The Hall–Kier alpha value is -1.84. The summed E-state index contributed by atoms with van der Waals surface area (Å²) in [5.74, 6) is 0.0348. The highest BCUT2D eigenvalue weighted by Crippen LogP contribution is 2.35. The van der Waals surface area contributed by atoms with Gasteiger partial charge in [-0.25, -0.2) is 12.7 Å². The minimum atomic E-state index is -3.59. The van der Waals surface area contributed by atoms with E-state index in [0.717, 1.165) is 22.2 Å². The molecule has 0 atom stereocenters. The topological polar surface area (TPSA) is 92.3 Å². The zero-order chi connectivity index (χ0) is 18.7. The molecule has 1 amide bonds. The van der Waals surface area contributed by atoms with Gasteiger partial charge in [0.15, 0.2) is 0 Å². The van der Waals surface area contributed by atoms with Crippen LogP contribution in [0.4, 0.5) is 5.13 Å². The molecule has 2 aromatic rings. The van der Waals surface area contributed by atoms with Gasteiger partial charge in [-0.05, 0) is 31.0 Å². The van der Waals surface area contributed by atoms with Crippen LogP contribution in [-0.2, 0) is 10.0 Å². The third-order valence-corrected chi connectivity index (χ3v) is 7.30. The third kappa shape index (κ3) is 4.11. The molecule has 0 bridgehead atoms. The first kappa shape index (κ1) is 18.9. The molecule has 1 N–H and O–H groups in total. The second-order valence-electron chi connectivity index (χ2n) is 6.55. The first-order chi connectivity index (χ1) is 12.4. The van der Waals surface area contributed by atoms with E-state index < -0.39 is 15.9 Å². The number of hydrogen-bond donors (Lipinski definition) is 1. The van der Waals surface area contributed by atoms with Crippen molar-refractivity contribution in [1.82, 2.24) is 14.5 Å². The molecule has 0 spiro atoms. The number of benzene rings is 1. The summed E-state index contributed by atoms with van der Waals surface area (Å²) in [7, 11) is -0.679. The minimum absolute atomic E-state index is 0.0790. The van der Waals surface area contributed by atoms with Gasteiger partial charge in [0.25, 0.3) is 5.91 Å². The Kier molecular flexibility index (Phi) is 5.69. The van der Waals surface area contributed by atoms with Crippen molar-refractivity contribution in [2.24, 2.45) is 0 Å². The third-order valence-electron chi connectivity index (χ3n) is 4.49. The first-order valence-electron chi connectivity index (χ1n) is 8.55. The van der Waals surface area contributed by atoms with Crippen LogP contribution >= 0.6 is 11.3 Å². The number of anilines is 1. The number of rotatable bonds is 5. The SMILES string of the molecule is CN(C)S(=O)(=O)c1cccc(C(=O)Nc2nnc(C3CCCCC3)s2)c1. The molecular formula is C17H22N4O3S2. The lowest BCUT2D eigenvalue weighted by Gasteiger charge is -2.18. The van der Waals surface area contributed by atoms with E-state index >= 15 is 0 Å². The van der Waals surface area contributed by atoms with Gasteiger partial charge < -0.3 is 0 Å². The van der Waals surface area contributed by atoms with Crippen molar-refractivity contribution in [3.05, 3.63) is 34.8 Å². The van der Waals surface area contributed by atoms with E-state index in [2.05, 4.69) is 15.5 Å². The lowest BCUT2D eigenvalue weighted by molar-refractivity contribution is 0.102. The fourth-order valence-corrected chi connectivity index (χ4v) is 4.83. The Morgan fingerprint density at radius 1 is 1.19 bits per heavy atom. The number of sulfonamides is 1. The molecule has 1 aliphatic carbocycles. The number of carbonyl (C=O) groups is 1. The van der Waals surface area contributed by atoms with Crippen LogP contribution < -0.4 is 5.32 Å². The summed E-state index contributed by atoms with van der Waals surface area (Å²) in [5.41, 5.74) is 0.266. The van der Waals surface area contributed by atoms with E-state index in [1.54, 1.807) is 12.1 Å². The molecule has 1 fully saturated rings. The number of nitrogens with zero attached hydrogens (tertiary/aromatic N) is 3. The number of aromatic nitrogens is 2. The first-order valence-corrected chi connectivity index (χ1v) is 10.8. The Morgan fingerprint density at radius 2 is 1.92 bits per heavy atom. The molecule has 26 heavy (non-hydrogen) atoms. The summed E-state index contributed by atoms with van der Waals surface area (Å²) >= 11 is 1.40. The van der Waals surface area contributed by atoms with Crippen LogP contribution in [0.3, 0.4) is 0 Å². The molecule has 0 unspecified atom stereocenters. The van der Waals surface area contributed by atoms with Gasteiger partial charge in [0.2, 0.25) is 15.2 Å². The van der Waals surface area contributed by atoms with Crippen LogP contribution in [0.25, 0.3) is 0 Å². The van der Waals surface area contributed by atoms with Crippen molar-refractivity contribution in [3.63, 3.8) is 0 Å². The van der Waals surface area contributed by atoms with E-state index in [1.807, 2.05) is 0 Å². The predicted octanol–water partition coefficient (Wildman–Crippen LogP) is 3.09. The zero-order valence-corrected chi connectivity index (χ0v) is 16.4. The highest BCUT2D eigenvalue weighted by Gasteiger charge is 2.21. The average molecular weight is 395 g/mol. The van der Waals surface area contributed by atoms with Crippen molar-refractivity contribution in [2.75, 3.05) is 19.4 Å². The van der Waals surface area contributed by atoms with Gasteiger partial charge >= 0.3 is 0 Å². The van der Waals surface area contributed by atoms with Gasteiger partial charge in [0.1, 0.15) is 5.01 Å². The molecule has 9 heteroatoms. The lowest BCUT2D eigenvalue weighted by atomic mass is 9.90. The highest BCUT2D eigenvalue weighted by atomic mass is 32.2. The minimum Gasteiger partial charge on any atom is -0.296 e. The Bertz CT molecular complexity index is 887. The summed E-state index contributed by atoms with van der Waals surface area (Å²) in [5, 5.41) is 12.4. The molecule has 1 aromatic carbocycles. The fourth-order valence-electron chi connectivity index (χ4n) is 2.98. The van der Waals surface area contributed by atoms with E-state index in [9.17, 15) is 13.2 Å². The monoisotopic (exact) mass is 394 g/mol. The van der Waals surface area contributed by atoms with Crippen molar-refractivity contribution in [3.8, 4) is 0 Å². The van der Waals surface area contributed by atoms with Crippen molar-refractivity contribution in [1.29, 1.82) is 0 Å².